The summed E-state index contributed by atoms with van der Waals surface area (Å²) in [6.45, 7) is 2.55. The number of amides is 1. The zero-order valence-electron chi connectivity index (χ0n) is 10.7. The van der Waals surface area contributed by atoms with Gasteiger partial charge in [-0.2, -0.15) is 0 Å². The first-order valence-corrected chi connectivity index (χ1v) is 6.91. The van der Waals surface area contributed by atoms with Gasteiger partial charge in [-0.05, 0) is 44.6 Å². The molecular formula is C13H22N2O3. The molecule has 2 aliphatic rings. The third kappa shape index (κ3) is 3.45. The number of aliphatic carboxylic acids is 1. The summed E-state index contributed by atoms with van der Waals surface area (Å²) in [5.74, 6) is 0.0307. The molecule has 18 heavy (non-hydrogen) atoms. The lowest BCUT2D eigenvalue weighted by atomic mass is 9.88. The van der Waals surface area contributed by atoms with Crippen molar-refractivity contribution in [3.63, 3.8) is 0 Å². The van der Waals surface area contributed by atoms with Crippen LogP contribution >= 0.6 is 0 Å². The summed E-state index contributed by atoms with van der Waals surface area (Å²) in [7, 11) is 0. The summed E-state index contributed by atoms with van der Waals surface area (Å²) < 4.78 is 0. The number of rotatable bonds is 5. The molecule has 2 aliphatic heterocycles. The second-order valence-corrected chi connectivity index (χ2v) is 5.36. The third-order valence-electron chi connectivity index (χ3n) is 4.02. The van der Waals surface area contributed by atoms with E-state index in [0.717, 1.165) is 51.7 Å². The summed E-state index contributed by atoms with van der Waals surface area (Å²) >= 11 is 0. The summed E-state index contributed by atoms with van der Waals surface area (Å²) in [6.07, 6.45) is 5.51. The molecule has 0 radical (unpaired) electrons. The van der Waals surface area contributed by atoms with E-state index in [1.54, 1.807) is 0 Å². The molecule has 2 atom stereocenters. The van der Waals surface area contributed by atoms with Gasteiger partial charge in [0.15, 0.2) is 0 Å². The molecule has 0 aromatic rings. The van der Waals surface area contributed by atoms with Crippen LogP contribution in [0.5, 0.6) is 0 Å². The maximum atomic E-state index is 11.4. The predicted molar refractivity (Wildman–Crippen MR) is 67.2 cm³/mol. The highest BCUT2D eigenvalue weighted by Gasteiger charge is 2.26. The van der Waals surface area contributed by atoms with Gasteiger partial charge in [0.2, 0.25) is 5.91 Å². The first-order chi connectivity index (χ1) is 8.66. The molecular weight excluding hydrogens is 232 g/mol. The third-order valence-corrected chi connectivity index (χ3v) is 4.02. The standard InChI is InChI=1S/C13H22N2O3/c16-12-4-2-8-15(12)7-1-3-10-5-6-14-11(9-10)13(17)18/h10-11,14H,1-9H2,(H,17,18). The fourth-order valence-electron chi connectivity index (χ4n) is 2.96. The molecule has 5 nitrogen and oxygen atoms in total. The molecule has 5 heteroatoms. The van der Waals surface area contributed by atoms with E-state index >= 15 is 0 Å². The topological polar surface area (TPSA) is 69.6 Å². The Hall–Kier alpha value is -1.10. The minimum Gasteiger partial charge on any atom is -0.480 e. The SMILES string of the molecule is O=C(O)C1CC(CCCN2CCCC2=O)CCN1. The van der Waals surface area contributed by atoms with Crippen LogP contribution in [0.25, 0.3) is 0 Å². The van der Waals surface area contributed by atoms with Crippen LogP contribution in [0, 0.1) is 5.92 Å². The molecule has 2 fully saturated rings. The van der Waals surface area contributed by atoms with E-state index in [1.165, 1.54) is 0 Å². The highest BCUT2D eigenvalue weighted by atomic mass is 16.4. The maximum absolute atomic E-state index is 11.4. The second kappa shape index (κ2) is 6.18. The second-order valence-electron chi connectivity index (χ2n) is 5.36. The van der Waals surface area contributed by atoms with Gasteiger partial charge in [-0.15, -0.1) is 0 Å². The van der Waals surface area contributed by atoms with Gasteiger partial charge in [-0.25, -0.2) is 0 Å². The van der Waals surface area contributed by atoms with Gasteiger partial charge in [0, 0.05) is 19.5 Å². The first-order valence-electron chi connectivity index (χ1n) is 6.91. The zero-order chi connectivity index (χ0) is 13.0. The van der Waals surface area contributed by atoms with E-state index in [9.17, 15) is 9.59 Å². The van der Waals surface area contributed by atoms with Crippen LogP contribution in [0.4, 0.5) is 0 Å². The average Bonchev–Trinajstić information content (AvgIpc) is 2.76. The minimum atomic E-state index is -0.741. The molecule has 2 saturated heterocycles. The summed E-state index contributed by atoms with van der Waals surface area (Å²) in [5.41, 5.74) is 0. The number of nitrogens with one attached hydrogen (secondary N) is 1. The Morgan fingerprint density at radius 3 is 3.00 bits per heavy atom. The Kier molecular flexibility index (Phi) is 4.58. The van der Waals surface area contributed by atoms with Gasteiger partial charge in [0.1, 0.15) is 6.04 Å². The van der Waals surface area contributed by atoms with Gasteiger partial charge in [-0.3, -0.25) is 9.59 Å². The van der Waals surface area contributed by atoms with E-state index in [1.807, 2.05) is 4.90 Å². The number of piperidine rings is 1. The van der Waals surface area contributed by atoms with E-state index in [2.05, 4.69) is 5.32 Å². The van der Waals surface area contributed by atoms with Crippen molar-refractivity contribution in [1.82, 2.24) is 10.2 Å². The van der Waals surface area contributed by atoms with Crippen molar-refractivity contribution in [3.05, 3.63) is 0 Å². The van der Waals surface area contributed by atoms with E-state index < -0.39 is 5.97 Å². The largest absolute Gasteiger partial charge is 0.480 e. The van der Waals surface area contributed by atoms with Crippen LogP contribution in [-0.4, -0.2) is 47.6 Å². The minimum absolute atomic E-state index is 0.281. The van der Waals surface area contributed by atoms with E-state index in [-0.39, 0.29) is 11.9 Å². The smallest absolute Gasteiger partial charge is 0.320 e. The number of carboxylic acid groups (broad SMARTS) is 1. The lowest BCUT2D eigenvalue weighted by Gasteiger charge is -2.28. The Balaban J connectivity index is 1.67. The van der Waals surface area contributed by atoms with Crippen molar-refractivity contribution in [2.75, 3.05) is 19.6 Å². The van der Waals surface area contributed by atoms with Crippen molar-refractivity contribution in [3.8, 4) is 0 Å². The van der Waals surface area contributed by atoms with Crippen LogP contribution in [0.15, 0.2) is 0 Å². The monoisotopic (exact) mass is 254 g/mol. The lowest BCUT2D eigenvalue weighted by molar-refractivity contribution is -0.140. The van der Waals surface area contributed by atoms with E-state index in [4.69, 9.17) is 5.11 Å². The molecule has 0 aliphatic carbocycles. The Labute approximate surface area is 108 Å². The van der Waals surface area contributed by atoms with Crippen LogP contribution in [0.2, 0.25) is 0 Å². The fraction of sp³-hybridized carbons (Fsp3) is 0.846. The summed E-state index contributed by atoms with van der Waals surface area (Å²) in [4.78, 5) is 24.3. The number of likely N-dealkylation sites (tertiary alicyclic amines) is 1. The summed E-state index contributed by atoms with van der Waals surface area (Å²) in [6, 6.07) is -0.378. The molecule has 0 aromatic heterocycles. The highest BCUT2D eigenvalue weighted by Crippen LogP contribution is 2.22. The quantitative estimate of drug-likeness (QED) is 0.763. The van der Waals surface area contributed by atoms with Crippen LogP contribution < -0.4 is 5.32 Å². The molecule has 102 valence electrons. The van der Waals surface area contributed by atoms with Gasteiger partial charge in [-0.1, -0.05) is 0 Å². The van der Waals surface area contributed by atoms with Gasteiger partial charge < -0.3 is 15.3 Å². The van der Waals surface area contributed by atoms with Crippen LogP contribution in [0.1, 0.15) is 38.5 Å². The van der Waals surface area contributed by atoms with Gasteiger partial charge in [0.05, 0.1) is 0 Å². The predicted octanol–water partition coefficient (Wildman–Crippen LogP) is 0.842. The van der Waals surface area contributed by atoms with Crippen LogP contribution in [0.3, 0.4) is 0 Å². The number of hydrogen-bond acceptors (Lipinski definition) is 3. The molecule has 1 amide bonds. The maximum Gasteiger partial charge on any atom is 0.320 e. The number of nitrogens with zero attached hydrogens (tertiary/aromatic N) is 1. The Bertz CT molecular complexity index is 319. The van der Waals surface area contributed by atoms with Crippen molar-refractivity contribution in [2.45, 2.75) is 44.6 Å². The number of hydrogen-bond donors (Lipinski definition) is 2. The number of carboxylic acids is 1. The molecule has 0 spiro atoms. The Morgan fingerprint density at radius 2 is 2.33 bits per heavy atom. The van der Waals surface area contributed by atoms with Gasteiger partial charge >= 0.3 is 5.97 Å². The van der Waals surface area contributed by atoms with Crippen molar-refractivity contribution >= 4 is 11.9 Å². The Morgan fingerprint density at radius 1 is 1.50 bits per heavy atom. The molecule has 2 rings (SSSR count). The zero-order valence-corrected chi connectivity index (χ0v) is 10.7. The first kappa shape index (κ1) is 13.3. The molecule has 2 N–H and O–H groups in total. The van der Waals surface area contributed by atoms with Crippen molar-refractivity contribution in [2.24, 2.45) is 5.92 Å². The van der Waals surface area contributed by atoms with Crippen molar-refractivity contribution in [1.29, 1.82) is 0 Å². The molecule has 0 saturated carbocycles. The fourth-order valence-corrected chi connectivity index (χ4v) is 2.96. The number of carbonyl (C=O) groups excluding carboxylic acids is 1. The van der Waals surface area contributed by atoms with Crippen LogP contribution in [-0.2, 0) is 9.59 Å². The average molecular weight is 254 g/mol. The normalized spacial score (nSPS) is 28.7. The molecule has 0 aromatic carbocycles. The molecule has 2 unspecified atom stereocenters. The van der Waals surface area contributed by atoms with Gasteiger partial charge in [0.25, 0.3) is 0 Å². The highest BCUT2D eigenvalue weighted by molar-refractivity contribution is 5.78. The number of carbonyl (C=O) groups is 2. The molecule has 0 bridgehead atoms. The molecule has 2 heterocycles. The summed E-state index contributed by atoms with van der Waals surface area (Å²) in [5, 5.41) is 12.0. The lowest BCUT2D eigenvalue weighted by Crippen LogP contribution is -2.43. The van der Waals surface area contributed by atoms with E-state index in [0.29, 0.717) is 12.3 Å². The van der Waals surface area contributed by atoms with Crippen molar-refractivity contribution < 1.29 is 14.7 Å².